The van der Waals surface area contributed by atoms with Crippen molar-refractivity contribution < 1.29 is 14.7 Å². The van der Waals surface area contributed by atoms with Gasteiger partial charge in [0.25, 0.3) is 0 Å². The van der Waals surface area contributed by atoms with Crippen molar-refractivity contribution in [3.8, 4) is 0 Å². The van der Waals surface area contributed by atoms with Crippen LogP contribution in [0, 0.1) is 0 Å². The Labute approximate surface area is 89.6 Å². The highest BCUT2D eigenvalue weighted by Crippen LogP contribution is 2.11. The van der Waals surface area contributed by atoms with E-state index in [0.29, 0.717) is 19.4 Å². The highest BCUT2D eigenvalue weighted by molar-refractivity contribution is 5.77. The summed E-state index contributed by atoms with van der Waals surface area (Å²) in [6.07, 6.45) is 3.85. The zero-order valence-corrected chi connectivity index (χ0v) is 9.03. The van der Waals surface area contributed by atoms with E-state index < -0.39 is 5.97 Å². The van der Waals surface area contributed by atoms with Crippen LogP contribution in [0.1, 0.15) is 32.6 Å². The van der Waals surface area contributed by atoms with Gasteiger partial charge in [-0.1, -0.05) is 11.6 Å². The topological polar surface area (TPSA) is 57.6 Å². The van der Waals surface area contributed by atoms with E-state index >= 15 is 0 Å². The molecule has 1 N–H and O–H groups in total. The molecule has 0 atom stereocenters. The third-order valence-corrected chi connectivity index (χ3v) is 2.57. The van der Waals surface area contributed by atoms with Crippen molar-refractivity contribution >= 4 is 11.9 Å². The zero-order chi connectivity index (χ0) is 11.3. The van der Waals surface area contributed by atoms with Crippen LogP contribution in [-0.4, -0.2) is 35.0 Å². The Morgan fingerprint density at radius 3 is 2.73 bits per heavy atom. The lowest BCUT2D eigenvalue weighted by Crippen LogP contribution is -2.34. The standard InChI is InChI=1S/C11H17NO3/c1-9-5-7-12(8-6-9)10(13)3-2-4-11(14)15/h5H,2-4,6-8H2,1H3,(H,14,15). The van der Waals surface area contributed by atoms with E-state index in [1.807, 2.05) is 0 Å². The first-order chi connectivity index (χ1) is 7.09. The lowest BCUT2D eigenvalue weighted by Gasteiger charge is -2.25. The van der Waals surface area contributed by atoms with Gasteiger partial charge in [-0.2, -0.15) is 0 Å². The average Bonchev–Trinajstić information content (AvgIpc) is 2.18. The summed E-state index contributed by atoms with van der Waals surface area (Å²) < 4.78 is 0. The second-order valence-electron chi connectivity index (χ2n) is 3.89. The van der Waals surface area contributed by atoms with Gasteiger partial charge in [-0.15, -0.1) is 0 Å². The summed E-state index contributed by atoms with van der Waals surface area (Å²) in [6.45, 7) is 3.51. The van der Waals surface area contributed by atoms with Crippen molar-refractivity contribution in [1.82, 2.24) is 4.90 Å². The molecule has 1 amide bonds. The van der Waals surface area contributed by atoms with Crippen LogP contribution in [0.2, 0.25) is 0 Å². The first kappa shape index (κ1) is 11.8. The van der Waals surface area contributed by atoms with E-state index in [1.165, 1.54) is 5.57 Å². The molecule has 0 saturated carbocycles. The van der Waals surface area contributed by atoms with E-state index in [1.54, 1.807) is 4.90 Å². The minimum absolute atomic E-state index is 0.0694. The number of carboxylic acids is 1. The number of hydrogen-bond acceptors (Lipinski definition) is 2. The van der Waals surface area contributed by atoms with Crippen LogP contribution >= 0.6 is 0 Å². The van der Waals surface area contributed by atoms with Crippen molar-refractivity contribution in [2.45, 2.75) is 32.6 Å². The van der Waals surface area contributed by atoms with E-state index in [4.69, 9.17) is 5.11 Å². The summed E-state index contributed by atoms with van der Waals surface area (Å²) in [5, 5.41) is 8.44. The molecule has 1 rings (SSSR count). The van der Waals surface area contributed by atoms with Crippen LogP contribution in [0.15, 0.2) is 11.6 Å². The average molecular weight is 211 g/mol. The molecule has 0 bridgehead atoms. The normalized spacial score (nSPS) is 16.1. The van der Waals surface area contributed by atoms with Crippen molar-refractivity contribution in [1.29, 1.82) is 0 Å². The van der Waals surface area contributed by atoms with E-state index in [-0.39, 0.29) is 12.3 Å². The van der Waals surface area contributed by atoms with Gasteiger partial charge in [0.15, 0.2) is 0 Å². The first-order valence-electron chi connectivity index (χ1n) is 5.25. The third kappa shape index (κ3) is 4.14. The third-order valence-electron chi connectivity index (χ3n) is 2.57. The molecule has 0 saturated heterocycles. The number of amides is 1. The Morgan fingerprint density at radius 2 is 2.20 bits per heavy atom. The number of carbonyl (C=O) groups is 2. The quantitative estimate of drug-likeness (QED) is 0.715. The number of carbonyl (C=O) groups excluding carboxylic acids is 1. The summed E-state index contributed by atoms with van der Waals surface area (Å²) in [5.74, 6) is -0.766. The molecule has 0 aliphatic carbocycles. The maximum Gasteiger partial charge on any atom is 0.303 e. The molecular weight excluding hydrogens is 194 g/mol. The lowest BCUT2D eigenvalue weighted by atomic mass is 10.1. The molecule has 84 valence electrons. The molecule has 0 spiro atoms. The van der Waals surface area contributed by atoms with Gasteiger partial charge in [-0.3, -0.25) is 9.59 Å². The second kappa shape index (κ2) is 5.53. The van der Waals surface area contributed by atoms with Crippen molar-refractivity contribution in [2.75, 3.05) is 13.1 Å². The molecule has 0 fully saturated rings. The molecule has 1 aliphatic heterocycles. The van der Waals surface area contributed by atoms with Crippen LogP contribution in [-0.2, 0) is 9.59 Å². The summed E-state index contributed by atoms with van der Waals surface area (Å²) >= 11 is 0. The Morgan fingerprint density at radius 1 is 1.47 bits per heavy atom. The van der Waals surface area contributed by atoms with Crippen LogP contribution in [0.4, 0.5) is 0 Å². The summed E-state index contributed by atoms with van der Waals surface area (Å²) in [4.78, 5) is 23.6. The maximum absolute atomic E-state index is 11.6. The van der Waals surface area contributed by atoms with Crippen LogP contribution in [0.3, 0.4) is 0 Å². The fourth-order valence-electron chi connectivity index (χ4n) is 1.55. The highest BCUT2D eigenvalue weighted by atomic mass is 16.4. The molecular formula is C11H17NO3. The SMILES string of the molecule is CC1=CCN(C(=O)CCCC(=O)O)CC1. The van der Waals surface area contributed by atoms with Gasteiger partial charge in [0.1, 0.15) is 0 Å². The Hall–Kier alpha value is -1.32. The number of nitrogens with zero attached hydrogens (tertiary/aromatic N) is 1. The number of carboxylic acid groups (broad SMARTS) is 1. The number of aliphatic carboxylic acids is 1. The fraction of sp³-hybridized carbons (Fsp3) is 0.636. The minimum Gasteiger partial charge on any atom is -0.481 e. The summed E-state index contributed by atoms with van der Waals surface area (Å²) in [7, 11) is 0. The summed E-state index contributed by atoms with van der Waals surface area (Å²) in [5.41, 5.74) is 1.32. The lowest BCUT2D eigenvalue weighted by molar-refractivity contribution is -0.137. The van der Waals surface area contributed by atoms with Gasteiger partial charge in [0.05, 0.1) is 0 Å². The second-order valence-corrected chi connectivity index (χ2v) is 3.89. The predicted octanol–water partition coefficient (Wildman–Crippen LogP) is 1.42. The van der Waals surface area contributed by atoms with Crippen molar-refractivity contribution in [3.63, 3.8) is 0 Å². The molecule has 4 nitrogen and oxygen atoms in total. The zero-order valence-electron chi connectivity index (χ0n) is 9.03. The maximum atomic E-state index is 11.6. The van der Waals surface area contributed by atoms with Crippen molar-refractivity contribution in [3.05, 3.63) is 11.6 Å². The van der Waals surface area contributed by atoms with Gasteiger partial charge in [-0.05, 0) is 19.8 Å². The van der Waals surface area contributed by atoms with Gasteiger partial charge in [0.2, 0.25) is 5.91 Å². The number of hydrogen-bond donors (Lipinski definition) is 1. The Bertz CT molecular complexity index is 284. The molecule has 15 heavy (non-hydrogen) atoms. The van der Waals surface area contributed by atoms with Gasteiger partial charge in [-0.25, -0.2) is 0 Å². The van der Waals surface area contributed by atoms with E-state index in [0.717, 1.165) is 13.0 Å². The monoisotopic (exact) mass is 211 g/mol. The Kier molecular flexibility index (Phi) is 4.34. The van der Waals surface area contributed by atoms with Gasteiger partial charge >= 0.3 is 5.97 Å². The molecule has 0 unspecified atom stereocenters. The number of rotatable bonds is 4. The van der Waals surface area contributed by atoms with E-state index in [2.05, 4.69) is 13.0 Å². The minimum atomic E-state index is -0.836. The molecule has 0 aromatic carbocycles. The van der Waals surface area contributed by atoms with E-state index in [9.17, 15) is 9.59 Å². The molecule has 0 aromatic heterocycles. The fourth-order valence-corrected chi connectivity index (χ4v) is 1.55. The predicted molar refractivity (Wildman–Crippen MR) is 56.4 cm³/mol. The largest absolute Gasteiger partial charge is 0.481 e. The van der Waals surface area contributed by atoms with Gasteiger partial charge in [0, 0.05) is 25.9 Å². The molecule has 0 radical (unpaired) electrons. The highest BCUT2D eigenvalue weighted by Gasteiger charge is 2.15. The smallest absolute Gasteiger partial charge is 0.303 e. The van der Waals surface area contributed by atoms with Crippen LogP contribution in [0.25, 0.3) is 0 Å². The molecule has 0 aromatic rings. The molecule has 1 aliphatic rings. The van der Waals surface area contributed by atoms with Crippen LogP contribution in [0.5, 0.6) is 0 Å². The first-order valence-corrected chi connectivity index (χ1v) is 5.25. The van der Waals surface area contributed by atoms with Gasteiger partial charge < -0.3 is 10.0 Å². The molecule has 4 heteroatoms. The van der Waals surface area contributed by atoms with Crippen molar-refractivity contribution in [2.24, 2.45) is 0 Å². The summed E-state index contributed by atoms with van der Waals surface area (Å²) in [6, 6.07) is 0. The van der Waals surface area contributed by atoms with Crippen LogP contribution < -0.4 is 0 Å². The Balaban J connectivity index is 2.26. The molecule has 1 heterocycles.